The second-order valence-electron chi connectivity index (χ2n) is 6.41. The van der Waals surface area contributed by atoms with Gasteiger partial charge >= 0.3 is 0 Å². The molecule has 2 unspecified atom stereocenters. The maximum Gasteiger partial charge on any atom is 0.228 e. The molecule has 1 heterocycles. The van der Waals surface area contributed by atoms with Gasteiger partial charge in [0.1, 0.15) is 0 Å². The number of amides is 1. The molecule has 110 valence electrons. The molecule has 1 saturated carbocycles. The molecule has 0 radical (unpaired) electrons. The van der Waals surface area contributed by atoms with E-state index in [0.29, 0.717) is 12.6 Å². The first-order valence-electron chi connectivity index (χ1n) is 7.67. The molecule has 1 aliphatic heterocycles. The Morgan fingerprint density at radius 1 is 1.37 bits per heavy atom. The van der Waals surface area contributed by atoms with E-state index >= 15 is 0 Å². The molecule has 2 atom stereocenters. The first kappa shape index (κ1) is 14.8. The average Bonchev–Trinajstić information content (AvgIpc) is 2.40. The van der Waals surface area contributed by atoms with Gasteiger partial charge in [-0.2, -0.15) is 0 Å². The summed E-state index contributed by atoms with van der Waals surface area (Å²) >= 11 is 0. The van der Waals surface area contributed by atoms with Crippen LogP contribution in [0.4, 0.5) is 0 Å². The number of rotatable bonds is 4. The molecule has 1 amide bonds. The highest BCUT2D eigenvalue weighted by Crippen LogP contribution is 2.31. The molecular weight excluding hydrogens is 240 g/mol. The minimum absolute atomic E-state index is 0.218. The molecule has 4 nitrogen and oxygen atoms in total. The van der Waals surface area contributed by atoms with Gasteiger partial charge in [0.05, 0.1) is 12.0 Å². The Morgan fingerprint density at radius 2 is 2.11 bits per heavy atom. The fraction of sp³-hybridized carbons (Fsp3) is 0.933. The van der Waals surface area contributed by atoms with E-state index in [-0.39, 0.29) is 11.3 Å². The molecule has 2 fully saturated rings. The quantitative estimate of drug-likeness (QED) is 0.816. The van der Waals surface area contributed by atoms with Crippen molar-refractivity contribution < 1.29 is 9.53 Å². The van der Waals surface area contributed by atoms with Crippen LogP contribution in [0.5, 0.6) is 0 Å². The molecule has 1 aliphatic carbocycles. The summed E-state index contributed by atoms with van der Waals surface area (Å²) in [6.45, 7) is 4.66. The summed E-state index contributed by atoms with van der Waals surface area (Å²) in [6.07, 6.45) is 6.58. The molecule has 2 rings (SSSR count). The second kappa shape index (κ2) is 6.71. The van der Waals surface area contributed by atoms with Crippen LogP contribution >= 0.6 is 0 Å². The van der Waals surface area contributed by atoms with E-state index in [1.54, 1.807) is 7.11 Å². The number of ether oxygens (including phenoxy) is 1. The lowest BCUT2D eigenvalue weighted by Crippen LogP contribution is -2.53. The van der Waals surface area contributed by atoms with E-state index in [9.17, 15) is 4.79 Å². The molecular formula is C15H28N2O2. The van der Waals surface area contributed by atoms with Crippen LogP contribution in [0.3, 0.4) is 0 Å². The fourth-order valence-electron chi connectivity index (χ4n) is 3.52. The number of carbonyl (C=O) groups excluding carboxylic acids is 1. The summed E-state index contributed by atoms with van der Waals surface area (Å²) < 4.78 is 5.33. The number of hydrogen-bond acceptors (Lipinski definition) is 3. The zero-order valence-electron chi connectivity index (χ0n) is 12.3. The van der Waals surface area contributed by atoms with Crippen LogP contribution in [0.25, 0.3) is 0 Å². The van der Waals surface area contributed by atoms with Crippen LogP contribution in [0, 0.1) is 11.3 Å². The van der Waals surface area contributed by atoms with Gasteiger partial charge in [-0.25, -0.2) is 0 Å². The predicted molar refractivity (Wildman–Crippen MR) is 76.0 cm³/mol. The van der Waals surface area contributed by atoms with E-state index in [2.05, 4.69) is 17.6 Å². The molecule has 2 N–H and O–H groups in total. The smallest absolute Gasteiger partial charge is 0.228 e. The van der Waals surface area contributed by atoms with Crippen LogP contribution in [0.15, 0.2) is 0 Å². The highest BCUT2D eigenvalue weighted by molar-refractivity contribution is 5.83. The lowest BCUT2D eigenvalue weighted by molar-refractivity contribution is -0.137. The average molecular weight is 268 g/mol. The van der Waals surface area contributed by atoms with Crippen molar-refractivity contribution >= 4 is 5.91 Å². The van der Waals surface area contributed by atoms with E-state index < -0.39 is 0 Å². The van der Waals surface area contributed by atoms with Gasteiger partial charge in [0, 0.05) is 13.2 Å². The molecule has 0 spiro atoms. The molecule has 1 saturated heterocycles. The molecule has 0 aromatic carbocycles. The number of piperidine rings is 1. The lowest BCUT2D eigenvalue weighted by atomic mass is 9.78. The maximum atomic E-state index is 12.7. The van der Waals surface area contributed by atoms with Crippen LogP contribution < -0.4 is 10.6 Å². The Balaban J connectivity index is 1.95. The van der Waals surface area contributed by atoms with E-state index in [1.165, 1.54) is 12.8 Å². The van der Waals surface area contributed by atoms with Gasteiger partial charge in [0.2, 0.25) is 5.91 Å². The van der Waals surface area contributed by atoms with Gasteiger partial charge in [0.15, 0.2) is 0 Å². The van der Waals surface area contributed by atoms with Crippen LogP contribution in [-0.2, 0) is 9.53 Å². The Morgan fingerprint density at radius 3 is 2.74 bits per heavy atom. The van der Waals surface area contributed by atoms with Crippen molar-refractivity contribution in [2.45, 2.75) is 51.5 Å². The lowest BCUT2D eigenvalue weighted by Gasteiger charge is -2.38. The third kappa shape index (κ3) is 3.69. The van der Waals surface area contributed by atoms with E-state index in [0.717, 1.165) is 44.7 Å². The highest BCUT2D eigenvalue weighted by Gasteiger charge is 2.40. The van der Waals surface area contributed by atoms with Crippen LogP contribution in [-0.4, -0.2) is 38.8 Å². The Hall–Kier alpha value is -0.610. The van der Waals surface area contributed by atoms with E-state index in [4.69, 9.17) is 4.74 Å². The minimum atomic E-state index is -0.305. The third-order valence-electron chi connectivity index (χ3n) is 4.73. The summed E-state index contributed by atoms with van der Waals surface area (Å²) in [4.78, 5) is 12.7. The standard InChI is InChI=1S/C15H28N2O2/c1-12-4-3-5-13(10-12)17-14(18)15(11-19-2)6-8-16-9-7-15/h12-13,16H,3-11H2,1-2H3,(H,17,18). The normalized spacial score (nSPS) is 30.8. The second-order valence-corrected chi connectivity index (χ2v) is 6.41. The molecule has 0 aromatic rings. The van der Waals surface area contributed by atoms with Crippen molar-refractivity contribution in [3.05, 3.63) is 0 Å². The topological polar surface area (TPSA) is 50.4 Å². The molecule has 0 bridgehead atoms. The number of hydrogen-bond donors (Lipinski definition) is 2. The largest absolute Gasteiger partial charge is 0.384 e. The van der Waals surface area contributed by atoms with Crippen molar-refractivity contribution in [1.29, 1.82) is 0 Å². The zero-order valence-corrected chi connectivity index (χ0v) is 12.3. The SMILES string of the molecule is COCC1(C(=O)NC2CCCC(C)C2)CCNCC1. The van der Waals surface area contributed by atoms with E-state index in [1.807, 2.05) is 0 Å². The Bertz CT molecular complexity index is 295. The van der Waals surface area contributed by atoms with Gasteiger partial charge in [-0.3, -0.25) is 4.79 Å². The Kier molecular flexibility index (Phi) is 5.22. The van der Waals surface area contributed by atoms with Crippen molar-refractivity contribution in [3.63, 3.8) is 0 Å². The monoisotopic (exact) mass is 268 g/mol. The summed E-state index contributed by atoms with van der Waals surface area (Å²) in [7, 11) is 1.69. The van der Waals surface area contributed by atoms with Crippen molar-refractivity contribution in [2.75, 3.05) is 26.8 Å². The highest BCUT2D eigenvalue weighted by atomic mass is 16.5. The zero-order chi connectivity index (χ0) is 13.7. The van der Waals surface area contributed by atoms with Gasteiger partial charge in [0.25, 0.3) is 0 Å². The molecule has 0 aromatic heterocycles. The fourth-order valence-corrected chi connectivity index (χ4v) is 3.52. The Labute approximate surface area is 116 Å². The minimum Gasteiger partial charge on any atom is -0.384 e. The van der Waals surface area contributed by atoms with Crippen molar-refractivity contribution in [3.8, 4) is 0 Å². The number of methoxy groups -OCH3 is 1. The molecule has 4 heteroatoms. The van der Waals surface area contributed by atoms with Crippen molar-refractivity contribution in [2.24, 2.45) is 11.3 Å². The summed E-state index contributed by atoms with van der Waals surface area (Å²) in [5.74, 6) is 0.959. The van der Waals surface area contributed by atoms with Gasteiger partial charge in [-0.05, 0) is 44.7 Å². The first-order valence-corrected chi connectivity index (χ1v) is 7.67. The first-order chi connectivity index (χ1) is 9.16. The third-order valence-corrected chi connectivity index (χ3v) is 4.73. The van der Waals surface area contributed by atoms with Gasteiger partial charge in [-0.15, -0.1) is 0 Å². The molecule has 19 heavy (non-hydrogen) atoms. The van der Waals surface area contributed by atoms with Crippen LogP contribution in [0.1, 0.15) is 45.4 Å². The molecule has 2 aliphatic rings. The van der Waals surface area contributed by atoms with Gasteiger partial charge < -0.3 is 15.4 Å². The van der Waals surface area contributed by atoms with Gasteiger partial charge in [-0.1, -0.05) is 19.8 Å². The van der Waals surface area contributed by atoms with Crippen molar-refractivity contribution in [1.82, 2.24) is 10.6 Å². The summed E-state index contributed by atoms with van der Waals surface area (Å²) in [6, 6.07) is 0.375. The maximum absolute atomic E-state index is 12.7. The number of nitrogens with one attached hydrogen (secondary N) is 2. The predicted octanol–water partition coefficient (Wildman–Crippen LogP) is 1.70. The summed E-state index contributed by atoms with van der Waals surface area (Å²) in [5.41, 5.74) is -0.305. The van der Waals surface area contributed by atoms with Crippen LogP contribution in [0.2, 0.25) is 0 Å². The summed E-state index contributed by atoms with van der Waals surface area (Å²) in [5, 5.41) is 6.63. The number of carbonyl (C=O) groups is 1.